The van der Waals surface area contributed by atoms with Gasteiger partial charge in [-0.2, -0.15) is 0 Å². The fraction of sp³-hybridized carbons (Fsp3) is 0. The molecule has 0 nitrogen and oxygen atoms in total. The monoisotopic (exact) mass is 177 g/mol. The Kier molecular flexibility index (Phi) is 226. The van der Waals surface area contributed by atoms with E-state index in [1.807, 2.05) is 0 Å². The molecule has 0 aromatic heterocycles. The molecule has 0 bridgehead atoms. The maximum Gasteiger partial charge on any atom is 0.187 e. The van der Waals surface area contributed by atoms with E-state index in [-0.39, 0.29) is 62.2 Å². The summed E-state index contributed by atoms with van der Waals surface area (Å²) in [6, 6.07) is 0. The largest absolute Gasteiger partial charge is 0.187 e. The van der Waals surface area contributed by atoms with Crippen molar-refractivity contribution in [2.75, 3.05) is 0 Å². The Morgan fingerprint density at radius 1 is 1.00 bits per heavy atom. The zero-order chi connectivity index (χ0) is 0. The van der Waals surface area contributed by atoms with Gasteiger partial charge in [-0.05, 0) is 11.0 Å². The fourth-order valence-electron chi connectivity index (χ4n) is 0. The Labute approximate surface area is 61.9 Å². The molecule has 0 aliphatic heterocycles. The van der Waals surface area contributed by atoms with E-state index in [0.717, 1.165) is 0 Å². The van der Waals surface area contributed by atoms with Gasteiger partial charge in [-0.15, -0.1) is 0 Å². The summed E-state index contributed by atoms with van der Waals surface area (Å²) >= 11 is 0. The average Bonchev–Trinajstić information content (AvgIpc) is 0. The first kappa shape index (κ1) is 41.8. The summed E-state index contributed by atoms with van der Waals surface area (Å²) in [6.07, 6.45) is 0. The van der Waals surface area contributed by atoms with Gasteiger partial charge < -0.3 is 0 Å². The zero-order valence-electron chi connectivity index (χ0n) is 0.687. The van der Waals surface area contributed by atoms with Crippen molar-refractivity contribution < 1.29 is 33.8 Å². The van der Waals surface area contributed by atoms with Gasteiger partial charge >= 0.3 is 0 Å². The minimum atomic E-state index is 0. The average molecular weight is 177 g/mol. The molecule has 0 fully saturated rings. The summed E-state index contributed by atoms with van der Waals surface area (Å²) in [5.74, 6) is 0. The van der Waals surface area contributed by atoms with Crippen molar-refractivity contribution in [1.29, 1.82) is 0 Å². The molecule has 0 aromatic rings. The quantitative estimate of drug-likeness (QED) is 0.355. The minimum Gasteiger partial charge on any atom is -0.0149 e. The van der Waals surface area contributed by atoms with Gasteiger partial charge in [0.25, 0.3) is 0 Å². The standard InChI is InChI=1S/Al.Co.Fe.H4Si.3H/h;;;1H4;;;. The molecular formula is H7AlCoFeSi. The molecule has 4 heavy (non-hydrogen) atoms. The first-order chi connectivity index (χ1) is 0. The summed E-state index contributed by atoms with van der Waals surface area (Å²) < 4.78 is 0. The third-order valence-corrected chi connectivity index (χ3v) is 0. The van der Waals surface area contributed by atoms with E-state index in [4.69, 9.17) is 0 Å². The SMILES string of the molecule is [AlH3].[Co].[Fe].[SiH4]. The van der Waals surface area contributed by atoms with E-state index in [2.05, 4.69) is 0 Å². The topological polar surface area (TPSA) is 0 Å². The van der Waals surface area contributed by atoms with Crippen LogP contribution in [0.2, 0.25) is 0 Å². The predicted octanol–water partition coefficient (Wildman–Crippen LogP) is -2.64. The number of hydrogen-bond donors (Lipinski definition) is 0. The van der Waals surface area contributed by atoms with Gasteiger partial charge in [0.05, 0.1) is 0 Å². The third-order valence-electron chi connectivity index (χ3n) is 0. The maximum absolute atomic E-state index is 0. The molecule has 0 saturated heterocycles. The molecule has 0 spiro atoms. The van der Waals surface area contributed by atoms with Crippen molar-refractivity contribution in [3.8, 4) is 0 Å². The molecule has 0 aliphatic rings. The van der Waals surface area contributed by atoms with Crippen LogP contribution in [-0.4, -0.2) is 28.3 Å². The van der Waals surface area contributed by atoms with E-state index in [1.54, 1.807) is 0 Å². The smallest absolute Gasteiger partial charge is 0.0149 e. The van der Waals surface area contributed by atoms with Gasteiger partial charge in [0.15, 0.2) is 17.4 Å². The molecular weight excluding hydrogens is 170 g/mol. The van der Waals surface area contributed by atoms with Crippen LogP contribution in [0.15, 0.2) is 0 Å². The molecule has 0 saturated carbocycles. The van der Waals surface area contributed by atoms with Crippen LogP contribution in [0, 0.1) is 0 Å². The summed E-state index contributed by atoms with van der Waals surface area (Å²) in [5.41, 5.74) is 0. The molecule has 0 heterocycles. The van der Waals surface area contributed by atoms with Crippen LogP contribution in [0.4, 0.5) is 0 Å². The molecule has 0 aromatic carbocycles. The molecule has 0 aliphatic carbocycles. The first-order valence-electron chi connectivity index (χ1n) is 0. The molecule has 0 unspecified atom stereocenters. The van der Waals surface area contributed by atoms with E-state index >= 15 is 0 Å². The Bertz CT molecular complexity index is 8.00. The second kappa shape index (κ2) is 21.6. The first-order valence-corrected chi connectivity index (χ1v) is 0. The van der Waals surface area contributed by atoms with E-state index in [9.17, 15) is 0 Å². The third kappa shape index (κ3) is 9.23. The fourth-order valence-corrected chi connectivity index (χ4v) is 0. The van der Waals surface area contributed by atoms with Crippen LogP contribution in [0.1, 0.15) is 0 Å². The van der Waals surface area contributed by atoms with Crippen molar-refractivity contribution in [2.45, 2.75) is 0 Å². The second-order valence-electron chi connectivity index (χ2n) is 0. The van der Waals surface area contributed by atoms with Crippen molar-refractivity contribution in [2.24, 2.45) is 0 Å². The summed E-state index contributed by atoms with van der Waals surface area (Å²) in [5, 5.41) is 0. The van der Waals surface area contributed by atoms with Crippen LogP contribution >= 0.6 is 0 Å². The van der Waals surface area contributed by atoms with Gasteiger partial charge in [-0.1, -0.05) is 0 Å². The van der Waals surface area contributed by atoms with Crippen molar-refractivity contribution in [1.82, 2.24) is 0 Å². The summed E-state index contributed by atoms with van der Waals surface area (Å²) in [6.45, 7) is 0. The second-order valence-corrected chi connectivity index (χ2v) is 0. The zero-order valence-corrected chi connectivity index (χ0v) is 2.83. The normalized spacial score (nSPS) is 0. The van der Waals surface area contributed by atoms with Gasteiger partial charge in [0.1, 0.15) is 0 Å². The number of hydrogen-bond acceptors (Lipinski definition) is 0. The van der Waals surface area contributed by atoms with Gasteiger partial charge in [-0.25, -0.2) is 0 Å². The minimum absolute atomic E-state index is 0. The maximum atomic E-state index is 0. The molecule has 31 valence electrons. The Morgan fingerprint density at radius 3 is 1.00 bits per heavy atom. The Hall–Kier alpha value is 1.78. The van der Waals surface area contributed by atoms with Crippen LogP contribution in [0.5, 0.6) is 0 Å². The van der Waals surface area contributed by atoms with Gasteiger partial charge in [0.2, 0.25) is 0 Å². The molecule has 0 N–H and O–H groups in total. The number of rotatable bonds is 0. The van der Waals surface area contributed by atoms with Crippen molar-refractivity contribution >= 4 is 28.3 Å². The van der Waals surface area contributed by atoms with E-state index in [1.165, 1.54) is 0 Å². The van der Waals surface area contributed by atoms with Crippen molar-refractivity contribution in [3.63, 3.8) is 0 Å². The van der Waals surface area contributed by atoms with Crippen LogP contribution in [-0.2, 0) is 33.8 Å². The Morgan fingerprint density at radius 2 is 1.00 bits per heavy atom. The molecule has 1 radical (unpaired) electrons. The van der Waals surface area contributed by atoms with E-state index in [0.29, 0.717) is 0 Å². The molecule has 0 atom stereocenters. The van der Waals surface area contributed by atoms with Crippen LogP contribution < -0.4 is 0 Å². The Balaban J connectivity index is 0. The molecule has 4 heteroatoms. The van der Waals surface area contributed by atoms with E-state index < -0.39 is 0 Å². The van der Waals surface area contributed by atoms with Crippen LogP contribution in [0.25, 0.3) is 0 Å². The van der Waals surface area contributed by atoms with Crippen molar-refractivity contribution in [3.05, 3.63) is 0 Å². The molecule has 0 amide bonds. The summed E-state index contributed by atoms with van der Waals surface area (Å²) in [7, 11) is 0. The predicted molar refractivity (Wildman–Crippen MR) is 21.3 cm³/mol. The van der Waals surface area contributed by atoms with Gasteiger partial charge in [0, 0.05) is 33.8 Å². The van der Waals surface area contributed by atoms with Gasteiger partial charge in [-0.3, -0.25) is 0 Å². The van der Waals surface area contributed by atoms with Crippen LogP contribution in [0.3, 0.4) is 0 Å². The molecule has 0 rings (SSSR count). The summed E-state index contributed by atoms with van der Waals surface area (Å²) in [4.78, 5) is 0.